The van der Waals surface area contributed by atoms with E-state index in [4.69, 9.17) is 28.3 Å². The van der Waals surface area contributed by atoms with Crippen LogP contribution in [0.1, 0.15) is 43.4 Å². The van der Waals surface area contributed by atoms with Gasteiger partial charge in [0.1, 0.15) is 10.7 Å². The van der Waals surface area contributed by atoms with E-state index in [9.17, 15) is 22.7 Å². The number of aliphatic carboxylic acids is 1. The average molecular weight is 652 g/mol. The fraction of sp³-hybridized carbons (Fsp3) is 0.406. The van der Waals surface area contributed by atoms with Crippen LogP contribution in [-0.2, 0) is 34.1 Å². The van der Waals surface area contributed by atoms with Crippen molar-refractivity contribution in [3.63, 3.8) is 0 Å². The van der Waals surface area contributed by atoms with Gasteiger partial charge in [-0.05, 0) is 97.5 Å². The zero-order valence-corrected chi connectivity index (χ0v) is 26.7. The van der Waals surface area contributed by atoms with E-state index >= 15 is 0 Å². The Balaban J connectivity index is 1.42. The lowest BCUT2D eigenvalue weighted by Gasteiger charge is -2.31. The fourth-order valence-electron chi connectivity index (χ4n) is 5.84. The first-order valence-electron chi connectivity index (χ1n) is 14.1. The lowest BCUT2D eigenvalue weighted by atomic mass is 9.88. The number of nitrogens with zero attached hydrogens (tertiary/aromatic N) is 1. The van der Waals surface area contributed by atoms with Gasteiger partial charge in [0.25, 0.3) is 0 Å². The molecule has 0 saturated heterocycles. The minimum Gasteiger partial charge on any atom is -0.481 e. The third-order valence-electron chi connectivity index (χ3n) is 7.88. The molecule has 1 unspecified atom stereocenters. The van der Waals surface area contributed by atoms with Gasteiger partial charge < -0.3 is 15.5 Å². The zero-order chi connectivity index (χ0) is 31.5. The van der Waals surface area contributed by atoms with E-state index in [1.807, 2.05) is 0 Å². The second-order valence-electron chi connectivity index (χ2n) is 11.9. The van der Waals surface area contributed by atoms with Gasteiger partial charge in [-0.1, -0.05) is 53.5 Å². The fourth-order valence-corrected chi connectivity index (χ4v) is 8.20. The molecule has 1 atom stereocenters. The van der Waals surface area contributed by atoms with Crippen LogP contribution in [0.3, 0.4) is 0 Å². The summed E-state index contributed by atoms with van der Waals surface area (Å²) >= 11 is 12.9. The van der Waals surface area contributed by atoms with Crippen molar-refractivity contribution >= 4 is 39.2 Å². The van der Waals surface area contributed by atoms with E-state index in [2.05, 4.69) is 43.4 Å². The van der Waals surface area contributed by atoms with Gasteiger partial charge in [-0.25, -0.2) is 12.8 Å². The number of hydrogen-bond acceptors (Lipinski definition) is 5. The molecule has 0 radical (unpaired) electrons. The molecule has 11 heteroatoms. The van der Waals surface area contributed by atoms with Crippen molar-refractivity contribution in [1.29, 1.82) is 0 Å². The Kier molecular flexibility index (Phi) is 10.6. The Morgan fingerprint density at radius 2 is 1.70 bits per heavy atom. The van der Waals surface area contributed by atoms with Gasteiger partial charge >= 0.3 is 5.97 Å². The van der Waals surface area contributed by atoms with Crippen LogP contribution in [-0.4, -0.2) is 60.7 Å². The molecule has 0 aliphatic heterocycles. The summed E-state index contributed by atoms with van der Waals surface area (Å²) in [4.78, 5) is 10.8. The van der Waals surface area contributed by atoms with Crippen LogP contribution in [0.15, 0.2) is 59.5 Å². The Hall–Kier alpha value is -2.53. The van der Waals surface area contributed by atoms with Gasteiger partial charge in [0.05, 0.1) is 16.1 Å². The molecule has 0 saturated carbocycles. The number of likely N-dealkylation sites (N-methyl/N-ethyl adjacent to an activating group) is 1. The van der Waals surface area contributed by atoms with Gasteiger partial charge in [-0.3, -0.25) is 4.79 Å². The van der Waals surface area contributed by atoms with E-state index in [1.54, 1.807) is 0 Å². The first-order chi connectivity index (χ1) is 20.2. The number of halogens is 3. The summed E-state index contributed by atoms with van der Waals surface area (Å²) in [5, 5.41) is 22.9. The molecule has 4 rings (SSSR count). The topological polar surface area (TPSA) is 107 Å². The van der Waals surface area contributed by atoms with Gasteiger partial charge in [0.15, 0.2) is 0 Å². The number of β-amino-alcohol motifs (C(OH)–C–C–N with tert-alkyl or cyclic N) is 1. The second-order valence-corrected chi connectivity index (χ2v) is 14.7. The molecule has 43 heavy (non-hydrogen) atoms. The summed E-state index contributed by atoms with van der Waals surface area (Å²) in [6.45, 7) is 4.15. The highest BCUT2D eigenvalue weighted by Gasteiger charge is 2.31. The minimum absolute atomic E-state index is 0.139. The van der Waals surface area contributed by atoms with E-state index in [0.717, 1.165) is 23.6 Å². The first kappa shape index (κ1) is 33.4. The Bertz CT molecular complexity index is 1550. The first-order valence-corrected chi connectivity index (χ1v) is 16.3. The van der Waals surface area contributed by atoms with E-state index in [0.29, 0.717) is 22.6 Å². The van der Waals surface area contributed by atoms with Gasteiger partial charge in [0, 0.05) is 32.1 Å². The Morgan fingerprint density at radius 1 is 1.09 bits per heavy atom. The lowest BCUT2D eigenvalue weighted by Crippen LogP contribution is -2.47. The molecular formula is C32H37Cl2FN2O5S. The number of fused-ring (bicyclic) bond motifs is 1. The minimum atomic E-state index is -4.21. The van der Waals surface area contributed by atoms with Crippen LogP contribution >= 0.6 is 23.2 Å². The maximum atomic E-state index is 14.1. The summed E-state index contributed by atoms with van der Waals surface area (Å²) in [7, 11) is -2.86. The SMILES string of the molecule is CN(CC(O)CNC(C)(C)CC1Cc2ccccc2C1)S(=O)(=O)c1c(Cl)cc(-c2cc(F)ccc2CCC(=O)O)cc1Cl. The van der Waals surface area contributed by atoms with Crippen LogP contribution < -0.4 is 5.32 Å². The molecule has 3 aromatic carbocycles. The van der Waals surface area contributed by atoms with Gasteiger partial charge in [-0.15, -0.1) is 0 Å². The molecule has 3 aromatic rings. The summed E-state index contributed by atoms with van der Waals surface area (Å²) < 4.78 is 42.1. The standard InChI is InChI=1S/C32H37Cl2FN2O5S/c1-32(2,17-20-12-22-6-4-5-7-23(22)13-20)36-18-26(38)19-37(3)43(41,42)31-28(33)14-24(15-29(31)34)27-16-25(35)10-8-21(27)9-11-30(39)40/h4-8,10,14-16,20,26,36,38H,9,11-13,17-19H2,1-3H3,(H,39,40). The van der Waals surface area contributed by atoms with E-state index < -0.39 is 27.9 Å². The summed E-state index contributed by atoms with van der Waals surface area (Å²) in [6.07, 6.45) is 1.92. The molecule has 1 aliphatic carbocycles. The van der Waals surface area contributed by atoms with Crippen LogP contribution in [0.4, 0.5) is 4.39 Å². The number of sulfonamides is 1. The van der Waals surface area contributed by atoms with Crippen molar-refractivity contribution in [3.05, 3.63) is 87.2 Å². The molecule has 0 amide bonds. The molecular weight excluding hydrogens is 614 g/mol. The van der Waals surface area contributed by atoms with Gasteiger partial charge in [0.2, 0.25) is 10.0 Å². The van der Waals surface area contributed by atoms with Crippen LogP contribution in [0.2, 0.25) is 10.0 Å². The number of aliphatic hydroxyl groups excluding tert-OH is 1. The lowest BCUT2D eigenvalue weighted by molar-refractivity contribution is -0.136. The molecule has 232 valence electrons. The van der Waals surface area contributed by atoms with Gasteiger partial charge in [-0.2, -0.15) is 4.31 Å². The maximum absolute atomic E-state index is 14.1. The molecule has 0 bridgehead atoms. The smallest absolute Gasteiger partial charge is 0.303 e. The zero-order valence-electron chi connectivity index (χ0n) is 24.4. The number of benzene rings is 3. The van der Waals surface area contributed by atoms with Crippen molar-refractivity contribution in [3.8, 4) is 11.1 Å². The predicted molar refractivity (Wildman–Crippen MR) is 168 cm³/mol. The maximum Gasteiger partial charge on any atom is 0.303 e. The Labute approximate surface area is 262 Å². The molecule has 7 nitrogen and oxygen atoms in total. The number of carboxylic acids is 1. The molecule has 1 aliphatic rings. The van der Waals surface area contributed by atoms with E-state index in [-0.39, 0.29) is 46.4 Å². The molecule has 0 heterocycles. The second kappa shape index (κ2) is 13.6. The van der Waals surface area contributed by atoms with Crippen molar-refractivity contribution in [1.82, 2.24) is 9.62 Å². The normalized spacial score (nSPS) is 14.7. The van der Waals surface area contributed by atoms with Crippen molar-refractivity contribution in [2.24, 2.45) is 5.92 Å². The summed E-state index contributed by atoms with van der Waals surface area (Å²) in [5.41, 5.74) is 3.78. The monoisotopic (exact) mass is 650 g/mol. The number of carboxylic acid groups (broad SMARTS) is 1. The third-order valence-corrected chi connectivity index (χ3v) is 10.6. The molecule has 0 fully saturated rings. The quantitative estimate of drug-likeness (QED) is 0.210. The largest absolute Gasteiger partial charge is 0.481 e. The predicted octanol–water partition coefficient (Wildman–Crippen LogP) is 5.97. The van der Waals surface area contributed by atoms with Crippen LogP contribution in [0, 0.1) is 11.7 Å². The summed E-state index contributed by atoms with van der Waals surface area (Å²) in [5.74, 6) is -1.05. The van der Waals surface area contributed by atoms with Crippen molar-refractivity contribution in [2.45, 2.75) is 62.5 Å². The highest BCUT2D eigenvalue weighted by molar-refractivity contribution is 7.89. The van der Waals surface area contributed by atoms with Crippen molar-refractivity contribution in [2.75, 3.05) is 20.1 Å². The van der Waals surface area contributed by atoms with Crippen molar-refractivity contribution < 1.29 is 27.8 Å². The van der Waals surface area contributed by atoms with Crippen LogP contribution in [0.25, 0.3) is 11.1 Å². The number of hydrogen-bond donors (Lipinski definition) is 3. The van der Waals surface area contributed by atoms with Crippen LogP contribution in [0.5, 0.6) is 0 Å². The highest BCUT2D eigenvalue weighted by atomic mass is 35.5. The molecule has 0 aromatic heterocycles. The summed E-state index contributed by atoms with van der Waals surface area (Å²) in [6, 6.07) is 15.1. The Morgan fingerprint density at radius 3 is 2.28 bits per heavy atom. The third kappa shape index (κ3) is 8.35. The molecule has 0 spiro atoms. The number of carbonyl (C=O) groups is 1. The number of aryl methyl sites for hydroxylation is 1. The number of aliphatic hydroxyl groups is 1. The highest BCUT2D eigenvalue weighted by Crippen LogP contribution is 2.38. The average Bonchev–Trinajstić information content (AvgIpc) is 3.32. The molecule has 3 N–H and O–H groups in total. The van der Waals surface area contributed by atoms with E-state index in [1.165, 1.54) is 48.5 Å². The number of rotatable bonds is 13. The number of nitrogens with one attached hydrogen (secondary N) is 1.